The Morgan fingerprint density at radius 3 is 2.61 bits per heavy atom. The molecule has 1 N–H and O–H groups in total. The monoisotopic (exact) mass is 361 g/mol. The molecule has 128 valence electrons. The SMILES string of the molecule is CCNCC1CCN(C(=O)c2cc(Cl)cc([N+](=O)[O-])c2)CC1.Cl. The minimum absolute atomic E-state index is 0. The van der Waals surface area contributed by atoms with Crippen LogP contribution in [0.25, 0.3) is 0 Å². The highest BCUT2D eigenvalue weighted by atomic mass is 35.5. The molecule has 1 aromatic carbocycles. The van der Waals surface area contributed by atoms with Crippen molar-refractivity contribution in [1.29, 1.82) is 0 Å². The molecule has 0 aromatic heterocycles. The van der Waals surface area contributed by atoms with E-state index in [1.807, 2.05) is 0 Å². The molecule has 0 aliphatic carbocycles. The van der Waals surface area contributed by atoms with Crippen molar-refractivity contribution in [2.45, 2.75) is 19.8 Å². The van der Waals surface area contributed by atoms with Gasteiger partial charge >= 0.3 is 0 Å². The lowest BCUT2D eigenvalue weighted by Gasteiger charge is -2.32. The highest BCUT2D eigenvalue weighted by Gasteiger charge is 2.24. The van der Waals surface area contributed by atoms with Crippen molar-refractivity contribution in [3.63, 3.8) is 0 Å². The third-order valence-electron chi connectivity index (χ3n) is 3.93. The minimum atomic E-state index is -0.536. The first kappa shape index (κ1) is 19.7. The van der Waals surface area contributed by atoms with Crippen molar-refractivity contribution in [2.75, 3.05) is 26.2 Å². The Morgan fingerprint density at radius 2 is 2.04 bits per heavy atom. The number of carbonyl (C=O) groups is 1. The van der Waals surface area contributed by atoms with Crippen LogP contribution in [-0.2, 0) is 0 Å². The number of benzene rings is 1. The summed E-state index contributed by atoms with van der Waals surface area (Å²) in [5.41, 5.74) is 0.127. The molecule has 2 rings (SSSR count). The number of non-ortho nitro benzene ring substituents is 1. The number of carbonyl (C=O) groups excluding carboxylic acids is 1. The quantitative estimate of drug-likeness (QED) is 0.645. The van der Waals surface area contributed by atoms with E-state index < -0.39 is 4.92 Å². The van der Waals surface area contributed by atoms with Crippen molar-refractivity contribution in [1.82, 2.24) is 10.2 Å². The largest absolute Gasteiger partial charge is 0.339 e. The van der Waals surface area contributed by atoms with Crippen LogP contribution >= 0.6 is 24.0 Å². The van der Waals surface area contributed by atoms with E-state index in [1.165, 1.54) is 18.2 Å². The first-order chi connectivity index (χ1) is 10.5. The summed E-state index contributed by atoms with van der Waals surface area (Å²) >= 11 is 5.87. The zero-order valence-electron chi connectivity index (χ0n) is 13.0. The highest BCUT2D eigenvalue weighted by molar-refractivity contribution is 6.31. The summed E-state index contributed by atoms with van der Waals surface area (Å²) in [6.07, 6.45) is 1.89. The van der Waals surface area contributed by atoms with Gasteiger partial charge in [-0.25, -0.2) is 0 Å². The minimum Gasteiger partial charge on any atom is -0.339 e. The predicted octanol–water partition coefficient (Wildman–Crippen LogP) is 3.13. The van der Waals surface area contributed by atoms with Crippen LogP contribution in [0.15, 0.2) is 18.2 Å². The van der Waals surface area contributed by atoms with Crippen LogP contribution in [0.2, 0.25) is 5.02 Å². The van der Waals surface area contributed by atoms with E-state index in [0.717, 1.165) is 25.9 Å². The van der Waals surface area contributed by atoms with Gasteiger partial charge < -0.3 is 10.2 Å². The second kappa shape index (κ2) is 9.05. The Bertz CT molecular complexity index is 561. The van der Waals surface area contributed by atoms with E-state index in [0.29, 0.717) is 19.0 Å². The number of nitrogens with zero attached hydrogens (tertiary/aromatic N) is 2. The van der Waals surface area contributed by atoms with E-state index in [4.69, 9.17) is 11.6 Å². The van der Waals surface area contributed by atoms with Gasteiger partial charge in [-0.2, -0.15) is 0 Å². The third kappa shape index (κ3) is 5.34. The number of nitro groups is 1. The summed E-state index contributed by atoms with van der Waals surface area (Å²) in [5, 5.41) is 14.4. The maximum Gasteiger partial charge on any atom is 0.271 e. The second-order valence-corrected chi connectivity index (χ2v) is 5.93. The van der Waals surface area contributed by atoms with Gasteiger partial charge in [0.25, 0.3) is 11.6 Å². The van der Waals surface area contributed by atoms with E-state index in [1.54, 1.807) is 4.90 Å². The number of rotatable bonds is 5. The molecular formula is C15H21Cl2N3O3. The maximum atomic E-state index is 12.5. The second-order valence-electron chi connectivity index (χ2n) is 5.50. The van der Waals surface area contributed by atoms with Crippen molar-refractivity contribution in [3.8, 4) is 0 Å². The molecule has 0 bridgehead atoms. The van der Waals surface area contributed by atoms with Crippen LogP contribution in [0.1, 0.15) is 30.1 Å². The molecule has 1 heterocycles. The van der Waals surface area contributed by atoms with Gasteiger partial charge in [0, 0.05) is 35.8 Å². The van der Waals surface area contributed by atoms with Gasteiger partial charge in [0.2, 0.25) is 0 Å². The van der Waals surface area contributed by atoms with Gasteiger partial charge in [0.1, 0.15) is 0 Å². The summed E-state index contributed by atoms with van der Waals surface area (Å²) < 4.78 is 0. The van der Waals surface area contributed by atoms with Gasteiger partial charge in [0.15, 0.2) is 0 Å². The normalized spacial score (nSPS) is 15.1. The van der Waals surface area contributed by atoms with E-state index in [-0.39, 0.29) is 34.6 Å². The first-order valence-corrected chi connectivity index (χ1v) is 7.84. The Hall–Kier alpha value is -1.37. The van der Waals surface area contributed by atoms with E-state index in [9.17, 15) is 14.9 Å². The molecular weight excluding hydrogens is 341 g/mol. The summed E-state index contributed by atoms with van der Waals surface area (Å²) in [6.45, 7) is 5.35. The fourth-order valence-electron chi connectivity index (χ4n) is 2.67. The fraction of sp³-hybridized carbons (Fsp3) is 0.533. The number of nitrogens with one attached hydrogen (secondary N) is 1. The number of halogens is 2. The Balaban J connectivity index is 0.00000264. The molecule has 0 radical (unpaired) electrons. The van der Waals surface area contributed by atoms with Gasteiger partial charge in [-0.15, -0.1) is 12.4 Å². The molecule has 1 amide bonds. The van der Waals surface area contributed by atoms with Gasteiger partial charge in [0.05, 0.1) is 4.92 Å². The number of hydrogen-bond donors (Lipinski definition) is 1. The number of amides is 1. The molecule has 0 unspecified atom stereocenters. The molecule has 0 saturated carbocycles. The van der Waals surface area contributed by atoms with Crippen LogP contribution in [-0.4, -0.2) is 41.9 Å². The Labute approximate surface area is 146 Å². The summed E-state index contributed by atoms with van der Waals surface area (Å²) in [5.74, 6) is 0.394. The first-order valence-electron chi connectivity index (χ1n) is 7.46. The van der Waals surface area contributed by atoms with Gasteiger partial charge in [-0.3, -0.25) is 14.9 Å². The molecule has 8 heteroatoms. The molecule has 1 saturated heterocycles. The summed E-state index contributed by atoms with van der Waals surface area (Å²) in [6, 6.07) is 4.03. The number of hydrogen-bond acceptors (Lipinski definition) is 4. The molecule has 1 fully saturated rings. The Kier molecular flexibility index (Phi) is 7.75. The smallest absolute Gasteiger partial charge is 0.271 e. The molecule has 1 aliphatic heterocycles. The molecule has 0 atom stereocenters. The van der Waals surface area contributed by atoms with Crippen LogP contribution in [0.5, 0.6) is 0 Å². The van der Waals surface area contributed by atoms with Crippen molar-refractivity contribution in [2.24, 2.45) is 5.92 Å². The topological polar surface area (TPSA) is 75.5 Å². The van der Waals surface area contributed by atoms with Crippen LogP contribution in [0.3, 0.4) is 0 Å². The third-order valence-corrected chi connectivity index (χ3v) is 4.14. The number of likely N-dealkylation sites (tertiary alicyclic amines) is 1. The van der Waals surface area contributed by atoms with E-state index in [2.05, 4.69) is 12.2 Å². The lowest BCUT2D eigenvalue weighted by Crippen LogP contribution is -2.40. The number of piperidine rings is 1. The zero-order chi connectivity index (χ0) is 16.1. The van der Waals surface area contributed by atoms with Gasteiger partial charge in [-0.05, 0) is 37.9 Å². The lowest BCUT2D eigenvalue weighted by molar-refractivity contribution is -0.384. The molecule has 1 aromatic rings. The van der Waals surface area contributed by atoms with Crippen molar-refractivity contribution < 1.29 is 9.72 Å². The highest BCUT2D eigenvalue weighted by Crippen LogP contribution is 2.24. The van der Waals surface area contributed by atoms with E-state index >= 15 is 0 Å². The molecule has 1 aliphatic rings. The molecule has 23 heavy (non-hydrogen) atoms. The van der Waals surface area contributed by atoms with Crippen LogP contribution < -0.4 is 5.32 Å². The molecule has 6 nitrogen and oxygen atoms in total. The van der Waals surface area contributed by atoms with Crippen LogP contribution in [0, 0.1) is 16.0 Å². The predicted molar refractivity (Wildman–Crippen MR) is 92.5 cm³/mol. The van der Waals surface area contributed by atoms with Crippen molar-refractivity contribution in [3.05, 3.63) is 38.9 Å². The van der Waals surface area contributed by atoms with Crippen LogP contribution in [0.4, 0.5) is 5.69 Å². The average molecular weight is 362 g/mol. The fourth-order valence-corrected chi connectivity index (χ4v) is 2.90. The molecule has 0 spiro atoms. The average Bonchev–Trinajstić information content (AvgIpc) is 2.52. The standard InChI is InChI=1S/C15H20ClN3O3.ClH/c1-2-17-10-11-3-5-18(6-4-11)15(20)12-7-13(16)9-14(8-12)19(21)22;/h7-9,11,17H,2-6,10H2,1H3;1H. The number of nitro benzene ring substituents is 1. The lowest BCUT2D eigenvalue weighted by atomic mass is 9.96. The summed E-state index contributed by atoms with van der Waals surface area (Å²) in [7, 11) is 0. The zero-order valence-corrected chi connectivity index (χ0v) is 14.5. The maximum absolute atomic E-state index is 12.5. The van der Waals surface area contributed by atoms with Gasteiger partial charge in [-0.1, -0.05) is 18.5 Å². The Morgan fingerprint density at radius 1 is 1.39 bits per heavy atom. The summed E-state index contributed by atoms with van der Waals surface area (Å²) in [4.78, 5) is 24.6. The van der Waals surface area contributed by atoms with Crippen molar-refractivity contribution >= 4 is 35.6 Å².